The van der Waals surface area contributed by atoms with E-state index in [0.717, 1.165) is 5.56 Å². The van der Waals surface area contributed by atoms with Gasteiger partial charge in [-0.2, -0.15) is 5.10 Å². The zero-order valence-corrected chi connectivity index (χ0v) is 9.63. The lowest BCUT2D eigenvalue weighted by Crippen LogP contribution is -2.37. The Balaban J connectivity index is 1.93. The molecule has 94 valence electrons. The molecule has 0 unspecified atom stereocenters. The summed E-state index contributed by atoms with van der Waals surface area (Å²) in [5.74, 6) is -0.0837. The number of carbonyl (C=O) groups excluding carboxylic acids is 1. The van der Waals surface area contributed by atoms with Crippen LogP contribution in [0.25, 0.3) is 0 Å². The molecule has 6 heteroatoms. The second-order valence-corrected chi connectivity index (χ2v) is 3.95. The number of aromatic nitrogens is 2. The molecule has 5 N–H and O–H groups in total. The summed E-state index contributed by atoms with van der Waals surface area (Å²) in [4.78, 5) is 11.8. The fourth-order valence-corrected chi connectivity index (χ4v) is 1.53. The molecule has 0 bridgehead atoms. The lowest BCUT2D eigenvalue weighted by atomic mass is 10.1. The van der Waals surface area contributed by atoms with Crippen molar-refractivity contribution in [3.8, 4) is 5.75 Å². The molecule has 0 spiro atoms. The molecule has 0 fully saturated rings. The van der Waals surface area contributed by atoms with Crippen molar-refractivity contribution in [2.24, 2.45) is 5.73 Å². The Hall–Kier alpha value is -2.34. The average molecular weight is 246 g/mol. The molecule has 0 saturated carbocycles. The first kappa shape index (κ1) is 12.1. The number of rotatable bonds is 4. The largest absolute Gasteiger partial charge is 0.508 e. The van der Waals surface area contributed by atoms with Crippen LogP contribution >= 0.6 is 0 Å². The summed E-state index contributed by atoms with van der Waals surface area (Å²) in [5, 5.41) is 18.1. The highest BCUT2D eigenvalue weighted by Crippen LogP contribution is 2.11. The molecular formula is C12H14N4O2. The lowest BCUT2D eigenvalue weighted by molar-refractivity contribution is -0.117. The number of aromatic hydroxyl groups is 1. The molecular weight excluding hydrogens is 232 g/mol. The molecule has 2 rings (SSSR count). The number of phenols is 1. The van der Waals surface area contributed by atoms with Crippen molar-refractivity contribution >= 4 is 11.6 Å². The van der Waals surface area contributed by atoms with Crippen LogP contribution in [0.4, 0.5) is 5.69 Å². The smallest absolute Gasteiger partial charge is 0.241 e. The molecule has 1 heterocycles. The lowest BCUT2D eigenvalue weighted by Gasteiger charge is -2.11. The Labute approximate surface area is 104 Å². The van der Waals surface area contributed by atoms with Gasteiger partial charge in [0.05, 0.1) is 17.9 Å². The molecule has 0 saturated heterocycles. The molecule has 1 aromatic carbocycles. The van der Waals surface area contributed by atoms with Crippen molar-refractivity contribution in [3.63, 3.8) is 0 Å². The number of aromatic amines is 1. The van der Waals surface area contributed by atoms with Gasteiger partial charge in [-0.05, 0) is 24.1 Å². The van der Waals surface area contributed by atoms with Crippen LogP contribution in [0.5, 0.6) is 5.75 Å². The van der Waals surface area contributed by atoms with E-state index < -0.39 is 6.04 Å². The van der Waals surface area contributed by atoms with E-state index in [1.165, 1.54) is 6.20 Å². The molecule has 2 aromatic rings. The summed E-state index contributed by atoms with van der Waals surface area (Å²) in [6.45, 7) is 0. The van der Waals surface area contributed by atoms with Gasteiger partial charge in [0.2, 0.25) is 5.91 Å². The minimum absolute atomic E-state index is 0.190. The average Bonchev–Trinajstić information content (AvgIpc) is 2.85. The predicted octanol–water partition coefficient (Wildman–Crippen LogP) is 0.624. The number of benzene rings is 1. The molecule has 0 radical (unpaired) electrons. The van der Waals surface area contributed by atoms with E-state index in [0.29, 0.717) is 12.1 Å². The number of H-pyrrole nitrogens is 1. The van der Waals surface area contributed by atoms with Gasteiger partial charge in [0.1, 0.15) is 5.75 Å². The summed E-state index contributed by atoms with van der Waals surface area (Å²) in [6, 6.07) is 5.96. The third-order valence-corrected chi connectivity index (χ3v) is 2.49. The number of nitrogens with one attached hydrogen (secondary N) is 2. The highest BCUT2D eigenvalue weighted by atomic mass is 16.3. The van der Waals surface area contributed by atoms with Crippen molar-refractivity contribution in [1.82, 2.24) is 10.2 Å². The van der Waals surface area contributed by atoms with Crippen LogP contribution in [0, 0.1) is 0 Å². The molecule has 1 atom stereocenters. The first-order valence-corrected chi connectivity index (χ1v) is 5.48. The second kappa shape index (κ2) is 5.33. The fourth-order valence-electron chi connectivity index (χ4n) is 1.53. The maximum absolute atomic E-state index is 11.8. The number of hydrogen-bond donors (Lipinski definition) is 4. The molecule has 0 aliphatic rings. The van der Waals surface area contributed by atoms with E-state index in [1.54, 1.807) is 30.5 Å². The zero-order valence-electron chi connectivity index (χ0n) is 9.63. The first-order chi connectivity index (χ1) is 8.65. The fraction of sp³-hybridized carbons (Fsp3) is 0.167. The Morgan fingerprint density at radius 2 is 2.17 bits per heavy atom. The predicted molar refractivity (Wildman–Crippen MR) is 67.0 cm³/mol. The van der Waals surface area contributed by atoms with Crippen LogP contribution < -0.4 is 11.1 Å². The minimum atomic E-state index is -0.649. The number of hydrogen-bond acceptors (Lipinski definition) is 4. The highest BCUT2D eigenvalue weighted by molar-refractivity contribution is 5.94. The van der Waals surface area contributed by atoms with E-state index in [4.69, 9.17) is 10.8 Å². The number of phenolic OH excluding ortho intramolecular Hbond substituents is 1. The first-order valence-electron chi connectivity index (χ1n) is 5.48. The second-order valence-electron chi connectivity index (χ2n) is 3.95. The maximum Gasteiger partial charge on any atom is 0.241 e. The number of nitrogens with zero attached hydrogens (tertiary/aromatic N) is 1. The topological polar surface area (TPSA) is 104 Å². The quantitative estimate of drug-likeness (QED) is 0.635. The monoisotopic (exact) mass is 246 g/mol. The minimum Gasteiger partial charge on any atom is -0.508 e. The number of amides is 1. The summed E-state index contributed by atoms with van der Waals surface area (Å²) >= 11 is 0. The summed E-state index contributed by atoms with van der Waals surface area (Å²) < 4.78 is 0. The van der Waals surface area contributed by atoms with Gasteiger partial charge in [-0.25, -0.2) is 0 Å². The van der Waals surface area contributed by atoms with Gasteiger partial charge < -0.3 is 16.2 Å². The van der Waals surface area contributed by atoms with Gasteiger partial charge in [0, 0.05) is 6.20 Å². The van der Waals surface area contributed by atoms with Crippen LogP contribution in [-0.4, -0.2) is 27.3 Å². The van der Waals surface area contributed by atoms with E-state index in [1.807, 2.05) is 0 Å². The summed E-state index contributed by atoms with van der Waals surface area (Å²) in [6.07, 6.45) is 3.49. The molecule has 0 aliphatic heterocycles. The van der Waals surface area contributed by atoms with E-state index >= 15 is 0 Å². The van der Waals surface area contributed by atoms with Gasteiger partial charge in [0.15, 0.2) is 0 Å². The Morgan fingerprint density at radius 1 is 1.44 bits per heavy atom. The summed E-state index contributed by atoms with van der Waals surface area (Å²) in [5.41, 5.74) is 7.27. The van der Waals surface area contributed by atoms with Gasteiger partial charge in [-0.15, -0.1) is 0 Å². The van der Waals surface area contributed by atoms with E-state index in [9.17, 15) is 4.79 Å². The molecule has 1 aromatic heterocycles. The zero-order chi connectivity index (χ0) is 13.0. The van der Waals surface area contributed by atoms with Crippen molar-refractivity contribution in [2.45, 2.75) is 12.5 Å². The third-order valence-electron chi connectivity index (χ3n) is 2.49. The van der Waals surface area contributed by atoms with E-state index in [-0.39, 0.29) is 11.7 Å². The van der Waals surface area contributed by atoms with Crippen LogP contribution in [0.3, 0.4) is 0 Å². The van der Waals surface area contributed by atoms with Crippen molar-refractivity contribution in [3.05, 3.63) is 42.2 Å². The number of anilines is 1. The van der Waals surface area contributed by atoms with Gasteiger partial charge in [-0.3, -0.25) is 9.89 Å². The van der Waals surface area contributed by atoms with Crippen molar-refractivity contribution in [2.75, 3.05) is 5.32 Å². The molecule has 1 amide bonds. The number of nitrogens with two attached hydrogens (primary N) is 1. The van der Waals surface area contributed by atoms with E-state index in [2.05, 4.69) is 15.5 Å². The Kier molecular flexibility index (Phi) is 3.59. The van der Waals surface area contributed by atoms with Gasteiger partial charge >= 0.3 is 0 Å². The van der Waals surface area contributed by atoms with Crippen LogP contribution in [0.1, 0.15) is 5.56 Å². The van der Waals surface area contributed by atoms with Crippen LogP contribution in [0.15, 0.2) is 36.7 Å². The van der Waals surface area contributed by atoms with Crippen LogP contribution in [-0.2, 0) is 11.2 Å². The highest BCUT2D eigenvalue weighted by Gasteiger charge is 2.14. The summed E-state index contributed by atoms with van der Waals surface area (Å²) in [7, 11) is 0. The standard InChI is InChI=1S/C12H14N4O2/c13-11(5-8-1-3-10(17)4-2-8)12(18)16-9-6-14-15-7-9/h1-4,6-7,11,17H,5,13H2,(H,14,15)(H,16,18)/t11-/m1/s1. The normalized spacial score (nSPS) is 12.1. The molecule has 0 aliphatic carbocycles. The van der Waals surface area contributed by atoms with Gasteiger partial charge in [0.25, 0.3) is 0 Å². The number of carbonyl (C=O) groups is 1. The Bertz CT molecular complexity index is 507. The SMILES string of the molecule is N[C@H](Cc1ccc(O)cc1)C(=O)Nc1cn[nH]c1. The van der Waals surface area contributed by atoms with Crippen molar-refractivity contribution in [1.29, 1.82) is 0 Å². The molecule has 6 nitrogen and oxygen atoms in total. The van der Waals surface area contributed by atoms with Crippen LogP contribution in [0.2, 0.25) is 0 Å². The van der Waals surface area contributed by atoms with Gasteiger partial charge in [-0.1, -0.05) is 12.1 Å². The molecule has 18 heavy (non-hydrogen) atoms. The third kappa shape index (κ3) is 3.08. The van der Waals surface area contributed by atoms with Crippen molar-refractivity contribution < 1.29 is 9.90 Å². The maximum atomic E-state index is 11.8. The Morgan fingerprint density at radius 3 is 2.78 bits per heavy atom.